The number of likely N-dealkylation sites (tertiary alicyclic amines) is 1. The summed E-state index contributed by atoms with van der Waals surface area (Å²) in [4.78, 5) is 13.7. The van der Waals surface area contributed by atoms with Crippen molar-refractivity contribution in [3.05, 3.63) is 28.8 Å². The Morgan fingerprint density at radius 1 is 1.45 bits per heavy atom. The average Bonchev–Trinajstić information content (AvgIpc) is 2.75. The lowest BCUT2D eigenvalue weighted by molar-refractivity contribution is 0.0292. The van der Waals surface area contributed by atoms with Gasteiger partial charge >= 0.3 is 6.09 Å². The molecular formula is C15H20ClNO3. The first-order valence-corrected chi connectivity index (χ1v) is 7.10. The van der Waals surface area contributed by atoms with Crippen LogP contribution >= 0.6 is 11.6 Å². The largest absolute Gasteiger partial charge is 0.508 e. The van der Waals surface area contributed by atoms with E-state index >= 15 is 0 Å². The van der Waals surface area contributed by atoms with Gasteiger partial charge < -0.3 is 14.7 Å². The lowest BCUT2D eigenvalue weighted by Crippen LogP contribution is -2.35. The van der Waals surface area contributed by atoms with E-state index in [-0.39, 0.29) is 17.8 Å². The van der Waals surface area contributed by atoms with Gasteiger partial charge in [-0.05, 0) is 44.9 Å². The molecule has 4 nitrogen and oxygen atoms in total. The molecule has 5 heteroatoms. The summed E-state index contributed by atoms with van der Waals surface area (Å²) >= 11 is 5.83. The van der Waals surface area contributed by atoms with Gasteiger partial charge in [0, 0.05) is 24.0 Å². The smallest absolute Gasteiger partial charge is 0.410 e. The van der Waals surface area contributed by atoms with Crippen LogP contribution in [0.3, 0.4) is 0 Å². The van der Waals surface area contributed by atoms with Crippen LogP contribution in [0.25, 0.3) is 0 Å². The first-order valence-electron chi connectivity index (χ1n) is 6.72. The van der Waals surface area contributed by atoms with E-state index in [4.69, 9.17) is 16.3 Å². The number of carbonyl (C=O) groups excluding carboxylic acids is 1. The molecule has 1 fully saturated rings. The highest BCUT2D eigenvalue weighted by molar-refractivity contribution is 6.30. The third kappa shape index (κ3) is 3.57. The molecular weight excluding hydrogens is 278 g/mol. The van der Waals surface area contributed by atoms with E-state index < -0.39 is 5.60 Å². The number of benzene rings is 1. The summed E-state index contributed by atoms with van der Waals surface area (Å²) in [7, 11) is 0. The molecule has 110 valence electrons. The van der Waals surface area contributed by atoms with E-state index in [0.717, 1.165) is 12.0 Å². The maximum Gasteiger partial charge on any atom is 0.410 e. The monoisotopic (exact) mass is 297 g/mol. The zero-order valence-corrected chi connectivity index (χ0v) is 12.8. The Morgan fingerprint density at radius 2 is 2.15 bits per heavy atom. The molecule has 0 aliphatic carbocycles. The minimum Gasteiger partial charge on any atom is -0.508 e. The second-order valence-electron chi connectivity index (χ2n) is 6.12. The van der Waals surface area contributed by atoms with Gasteiger partial charge in [0.15, 0.2) is 0 Å². The molecule has 1 saturated heterocycles. The molecule has 1 unspecified atom stereocenters. The Bertz CT molecular complexity index is 510. The fourth-order valence-electron chi connectivity index (χ4n) is 2.37. The van der Waals surface area contributed by atoms with Crippen LogP contribution in [0.4, 0.5) is 4.79 Å². The molecule has 2 rings (SSSR count). The molecule has 1 aliphatic heterocycles. The summed E-state index contributed by atoms with van der Waals surface area (Å²) in [6.45, 7) is 6.75. The predicted octanol–water partition coefficient (Wildman–Crippen LogP) is 3.77. The zero-order valence-electron chi connectivity index (χ0n) is 12.0. The van der Waals surface area contributed by atoms with Crippen molar-refractivity contribution in [3.8, 4) is 5.75 Å². The number of halogens is 1. The van der Waals surface area contributed by atoms with Crippen molar-refractivity contribution >= 4 is 17.7 Å². The Labute approximate surface area is 124 Å². The number of phenols is 1. The van der Waals surface area contributed by atoms with Crippen molar-refractivity contribution in [2.45, 2.75) is 38.7 Å². The van der Waals surface area contributed by atoms with Gasteiger partial charge in [-0.25, -0.2) is 4.79 Å². The molecule has 0 saturated carbocycles. The minimum absolute atomic E-state index is 0.125. The van der Waals surface area contributed by atoms with Crippen LogP contribution in [-0.2, 0) is 4.74 Å². The fourth-order valence-corrected chi connectivity index (χ4v) is 2.53. The highest BCUT2D eigenvalue weighted by atomic mass is 35.5. The van der Waals surface area contributed by atoms with Crippen molar-refractivity contribution < 1.29 is 14.6 Å². The van der Waals surface area contributed by atoms with Gasteiger partial charge in [-0.15, -0.1) is 0 Å². The van der Waals surface area contributed by atoms with E-state index in [1.54, 1.807) is 11.0 Å². The number of carbonyl (C=O) groups is 1. The maximum atomic E-state index is 12.0. The summed E-state index contributed by atoms with van der Waals surface area (Å²) in [6, 6.07) is 5.11. The summed E-state index contributed by atoms with van der Waals surface area (Å²) in [6.07, 6.45) is 0.516. The zero-order chi connectivity index (χ0) is 14.9. The molecule has 0 radical (unpaired) electrons. The van der Waals surface area contributed by atoms with Crippen molar-refractivity contribution in [2.24, 2.45) is 0 Å². The molecule has 0 aromatic heterocycles. The number of nitrogens with zero attached hydrogens (tertiary/aromatic N) is 1. The Morgan fingerprint density at radius 3 is 2.75 bits per heavy atom. The van der Waals surface area contributed by atoms with E-state index in [2.05, 4.69) is 0 Å². The first kappa shape index (κ1) is 15.0. The molecule has 1 atom stereocenters. The lowest BCUT2D eigenvalue weighted by atomic mass is 9.97. The van der Waals surface area contributed by atoms with Crippen LogP contribution in [0.1, 0.15) is 38.7 Å². The Hall–Kier alpha value is -1.42. The van der Waals surface area contributed by atoms with E-state index in [9.17, 15) is 9.90 Å². The molecule has 1 amide bonds. The first-order chi connectivity index (χ1) is 9.26. The molecule has 0 bridgehead atoms. The molecule has 1 aromatic rings. The number of aromatic hydroxyl groups is 1. The number of phenolic OH excluding ortho intramolecular Hbond substituents is 1. The van der Waals surface area contributed by atoms with Gasteiger partial charge in [0.1, 0.15) is 11.4 Å². The maximum absolute atomic E-state index is 12.0. The normalized spacial score (nSPS) is 19.2. The number of ether oxygens (including phenoxy) is 1. The SMILES string of the molecule is CC(C)(C)OC(=O)N1CCC(c2ccc(Cl)cc2O)C1. The number of hydrogen-bond donors (Lipinski definition) is 1. The van der Waals surface area contributed by atoms with Crippen LogP contribution in [0.2, 0.25) is 5.02 Å². The third-order valence-corrected chi connectivity index (χ3v) is 3.51. The second-order valence-corrected chi connectivity index (χ2v) is 6.55. The molecule has 1 N–H and O–H groups in total. The van der Waals surface area contributed by atoms with Gasteiger partial charge in [-0.1, -0.05) is 17.7 Å². The molecule has 1 aromatic carbocycles. The van der Waals surface area contributed by atoms with Crippen LogP contribution in [-0.4, -0.2) is 34.8 Å². The van der Waals surface area contributed by atoms with Gasteiger partial charge in [-0.2, -0.15) is 0 Å². The van der Waals surface area contributed by atoms with Crippen molar-refractivity contribution in [1.29, 1.82) is 0 Å². The van der Waals surface area contributed by atoms with Crippen molar-refractivity contribution in [3.63, 3.8) is 0 Å². The number of rotatable bonds is 1. The molecule has 0 spiro atoms. The van der Waals surface area contributed by atoms with Gasteiger partial charge in [0.25, 0.3) is 0 Å². The van der Waals surface area contributed by atoms with Crippen LogP contribution in [0.5, 0.6) is 5.75 Å². The van der Waals surface area contributed by atoms with Crippen LogP contribution in [0.15, 0.2) is 18.2 Å². The summed E-state index contributed by atoms with van der Waals surface area (Å²) in [5, 5.41) is 10.5. The molecule has 1 heterocycles. The highest BCUT2D eigenvalue weighted by Gasteiger charge is 2.31. The van der Waals surface area contributed by atoms with Crippen molar-refractivity contribution in [1.82, 2.24) is 4.90 Å². The molecule has 20 heavy (non-hydrogen) atoms. The number of hydrogen-bond acceptors (Lipinski definition) is 3. The summed E-state index contributed by atoms with van der Waals surface area (Å²) < 4.78 is 5.36. The Balaban J connectivity index is 2.03. The van der Waals surface area contributed by atoms with E-state index in [1.807, 2.05) is 26.8 Å². The summed E-state index contributed by atoms with van der Waals surface area (Å²) in [5.41, 5.74) is 0.345. The lowest BCUT2D eigenvalue weighted by Gasteiger charge is -2.24. The molecule has 1 aliphatic rings. The summed E-state index contributed by atoms with van der Waals surface area (Å²) in [5.74, 6) is 0.313. The number of amides is 1. The van der Waals surface area contributed by atoms with E-state index in [1.165, 1.54) is 6.07 Å². The topological polar surface area (TPSA) is 49.8 Å². The van der Waals surface area contributed by atoms with Crippen LogP contribution < -0.4 is 0 Å². The van der Waals surface area contributed by atoms with Gasteiger partial charge in [-0.3, -0.25) is 0 Å². The van der Waals surface area contributed by atoms with E-state index in [0.29, 0.717) is 18.1 Å². The predicted molar refractivity (Wildman–Crippen MR) is 78.3 cm³/mol. The second kappa shape index (κ2) is 5.52. The quantitative estimate of drug-likeness (QED) is 0.858. The fraction of sp³-hybridized carbons (Fsp3) is 0.533. The van der Waals surface area contributed by atoms with Crippen LogP contribution in [0, 0.1) is 0 Å². The highest BCUT2D eigenvalue weighted by Crippen LogP contribution is 2.34. The van der Waals surface area contributed by atoms with Gasteiger partial charge in [0.2, 0.25) is 0 Å². The Kier molecular flexibility index (Phi) is 4.14. The third-order valence-electron chi connectivity index (χ3n) is 3.27. The standard InChI is InChI=1S/C15H20ClNO3/c1-15(2,3)20-14(19)17-7-6-10(9-17)12-5-4-11(16)8-13(12)18/h4-5,8,10,18H,6-7,9H2,1-3H3. The minimum atomic E-state index is -0.489. The average molecular weight is 298 g/mol. The van der Waals surface area contributed by atoms with Crippen molar-refractivity contribution in [2.75, 3.05) is 13.1 Å². The van der Waals surface area contributed by atoms with Gasteiger partial charge in [0.05, 0.1) is 0 Å².